The van der Waals surface area contributed by atoms with Crippen LogP contribution in [-0.2, 0) is 0 Å². The summed E-state index contributed by atoms with van der Waals surface area (Å²) in [5, 5.41) is 7.28. The van der Waals surface area contributed by atoms with Gasteiger partial charge in [0.05, 0.1) is 6.17 Å². The molecular weight excluding hydrogens is 220 g/mol. The van der Waals surface area contributed by atoms with Crippen molar-refractivity contribution in [3.8, 4) is 0 Å². The molecule has 0 aromatic rings. The Morgan fingerprint density at radius 1 is 1.06 bits per heavy atom. The third-order valence-electron chi connectivity index (χ3n) is 5.58. The van der Waals surface area contributed by atoms with Gasteiger partial charge in [-0.3, -0.25) is 0 Å². The first-order valence-corrected chi connectivity index (χ1v) is 8.04. The summed E-state index contributed by atoms with van der Waals surface area (Å²) in [6.07, 6.45) is 6.27. The highest BCUT2D eigenvalue weighted by molar-refractivity contribution is 4.90. The summed E-state index contributed by atoms with van der Waals surface area (Å²) >= 11 is 0. The van der Waals surface area contributed by atoms with E-state index in [2.05, 4.69) is 38.3 Å². The van der Waals surface area contributed by atoms with Crippen molar-refractivity contribution < 1.29 is 0 Å². The highest BCUT2D eigenvalue weighted by Crippen LogP contribution is 2.33. The molecule has 2 rings (SSSR count). The highest BCUT2D eigenvalue weighted by atomic mass is 15.2. The summed E-state index contributed by atoms with van der Waals surface area (Å²) < 4.78 is 0. The maximum absolute atomic E-state index is 3.71. The van der Waals surface area contributed by atoms with E-state index in [9.17, 15) is 0 Å². The molecule has 2 nitrogen and oxygen atoms in total. The van der Waals surface area contributed by atoms with Gasteiger partial charge in [0.2, 0.25) is 0 Å². The van der Waals surface area contributed by atoms with E-state index >= 15 is 0 Å². The van der Waals surface area contributed by atoms with Crippen LogP contribution >= 0.6 is 0 Å². The van der Waals surface area contributed by atoms with E-state index in [4.69, 9.17) is 0 Å². The van der Waals surface area contributed by atoms with Crippen molar-refractivity contribution in [2.75, 3.05) is 13.1 Å². The van der Waals surface area contributed by atoms with E-state index in [0.29, 0.717) is 6.17 Å². The lowest BCUT2D eigenvalue weighted by molar-refractivity contribution is 0.172. The monoisotopic (exact) mass is 252 g/mol. The first-order valence-electron chi connectivity index (χ1n) is 8.04. The zero-order valence-corrected chi connectivity index (χ0v) is 12.7. The first-order chi connectivity index (χ1) is 8.58. The van der Waals surface area contributed by atoms with E-state index in [0.717, 1.165) is 29.6 Å². The number of nitrogens with one attached hydrogen (secondary N) is 2. The molecule has 0 aromatic heterocycles. The maximum atomic E-state index is 3.71. The van der Waals surface area contributed by atoms with Crippen LogP contribution in [0.1, 0.15) is 53.4 Å². The largest absolute Gasteiger partial charge is 0.302 e. The lowest BCUT2D eigenvalue weighted by Crippen LogP contribution is -2.49. The first kappa shape index (κ1) is 14.3. The SMILES string of the molecule is CC(C)C(C)CCC(C)C1CNC2NCCC2C1. The highest BCUT2D eigenvalue weighted by Gasteiger charge is 2.35. The molecule has 5 atom stereocenters. The minimum Gasteiger partial charge on any atom is -0.302 e. The van der Waals surface area contributed by atoms with Gasteiger partial charge in [-0.1, -0.05) is 40.5 Å². The molecule has 0 amide bonds. The van der Waals surface area contributed by atoms with Gasteiger partial charge in [0, 0.05) is 0 Å². The zero-order chi connectivity index (χ0) is 13.1. The number of fused-ring (bicyclic) bond motifs is 1. The van der Waals surface area contributed by atoms with Crippen molar-refractivity contribution in [3.63, 3.8) is 0 Å². The van der Waals surface area contributed by atoms with E-state index in [-0.39, 0.29) is 0 Å². The summed E-state index contributed by atoms with van der Waals surface area (Å²) in [4.78, 5) is 0. The van der Waals surface area contributed by atoms with Crippen LogP contribution in [0, 0.1) is 29.6 Å². The Morgan fingerprint density at radius 3 is 2.56 bits per heavy atom. The van der Waals surface area contributed by atoms with Gasteiger partial charge in [-0.15, -0.1) is 0 Å². The summed E-state index contributed by atoms with van der Waals surface area (Å²) in [5.41, 5.74) is 0. The van der Waals surface area contributed by atoms with Crippen LogP contribution in [0.4, 0.5) is 0 Å². The van der Waals surface area contributed by atoms with Crippen molar-refractivity contribution in [3.05, 3.63) is 0 Å². The molecule has 0 bridgehead atoms. The standard InChI is InChI=1S/C16H32N2/c1-11(2)12(3)5-6-13(4)15-9-14-7-8-17-16(14)18-10-15/h11-18H,5-10H2,1-4H3. The second kappa shape index (κ2) is 6.38. The zero-order valence-electron chi connectivity index (χ0n) is 12.7. The van der Waals surface area contributed by atoms with Crippen molar-refractivity contribution in [1.29, 1.82) is 0 Å². The quantitative estimate of drug-likeness (QED) is 0.785. The van der Waals surface area contributed by atoms with Gasteiger partial charge in [0.15, 0.2) is 0 Å². The van der Waals surface area contributed by atoms with Crippen LogP contribution in [0.5, 0.6) is 0 Å². The summed E-state index contributed by atoms with van der Waals surface area (Å²) in [6.45, 7) is 12.0. The van der Waals surface area contributed by atoms with Crippen molar-refractivity contribution in [2.45, 2.75) is 59.5 Å². The third-order valence-corrected chi connectivity index (χ3v) is 5.58. The van der Waals surface area contributed by atoms with Gasteiger partial charge in [-0.25, -0.2) is 0 Å². The molecule has 18 heavy (non-hydrogen) atoms. The summed E-state index contributed by atoms with van der Waals surface area (Å²) in [6, 6.07) is 0. The van der Waals surface area contributed by atoms with Crippen LogP contribution in [0.15, 0.2) is 0 Å². The number of piperidine rings is 1. The molecule has 0 saturated carbocycles. The second-order valence-corrected chi connectivity index (χ2v) is 7.16. The maximum Gasteiger partial charge on any atom is 0.0601 e. The fraction of sp³-hybridized carbons (Fsp3) is 1.00. The minimum atomic E-state index is 0.628. The van der Waals surface area contributed by atoms with Gasteiger partial charge in [-0.05, 0) is 55.5 Å². The Morgan fingerprint density at radius 2 is 1.83 bits per heavy atom. The van der Waals surface area contributed by atoms with Crippen LogP contribution in [0.3, 0.4) is 0 Å². The van der Waals surface area contributed by atoms with E-state index in [1.54, 1.807) is 0 Å². The number of rotatable bonds is 5. The van der Waals surface area contributed by atoms with Crippen LogP contribution in [0.25, 0.3) is 0 Å². The van der Waals surface area contributed by atoms with Gasteiger partial charge >= 0.3 is 0 Å². The molecule has 2 aliphatic heterocycles. The fourth-order valence-electron chi connectivity index (χ4n) is 3.53. The summed E-state index contributed by atoms with van der Waals surface area (Å²) in [5.74, 6) is 4.41. The minimum absolute atomic E-state index is 0.628. The lowest BCUT2D eigenvalue weighted by Gasteiger charge is -2.36. The molecule has 0 radical (unpaired) electrons. The molecule has 0 aliphatic carbocycles. The van der Waals surface area contributed by atoms with Gasteiger partial charge in [0.25, 0.3) is 0 Å². The molecular formula is C16H32N2. The van der Waals surface area contributed by atoms with E-state index in [1.807, 2.05) is 0 Å². The average Bonchev–Trinajstić information content (AvgIpc) is 2.82. The van der Waals surface area contributed by atoms with Gasteiger partial charge < -0.3 is 10.6 Å². The molecule has 5 unspecified atom stereocenters. The fourth-order valence-corrected chi connectivity index (χ4v) is 3.53. The smallest absolute Gasteiger partial charge is 0.0601 e. The summed E-state index contributed by atoms with van der Waals surface area (Å²) in [7, 11) is 0. The van der Waals surface area contributed by atoms with E-state index in [1.165, 1.54) is 38.8 Å². The third kappa shape index (κ3) is 3.48. The Bertz CT molecular complexity index is 251. The lowest BCUT2D eigenvalue weighted by atomic mass is 9.78. The Balaban J connectivity index is 1.74. The van der Waals surface area contributed by atoms with Crippen molar-refractivity contribution in [2.24, 2.45) is 29.6 Å². The Kier molecular flexibility index (Phi) is 5.08. The van der Waals surface area contributed by atoms with Crippen LogP contribution in [-0.4, -0.2) is 19.3 Å². The molecule has 2 N–H and O–H groups in total. The van der Waals surface area contributed by atoms with Crippen LogP contribution < -0.4 is 10.6 Å². The molecule has 2 heteroatoms. The molecule has 0 aromatic carbocycles. The second-order valence-electron chi connectivity index (χ2n) is 7.16. The van der Waals surface area contributed by atoms with Crippen molar-refractivity contribution in [1.82, 2.24) is 10.6 Å². The van der Waals surface area contributed by atoms with Crippen molar-refractivity contribution >= 4 is 0 Å². The topological polar surface area (TPSA) is 24.1 Å². The molecule has 2 fully saturated rings. The van der Waals surface area contributed by atoms with Gasteiger partial charge in [-0.2, -0.15) is 0 Å². The molecule has 2 saturated heterocycles. The number of hydrogen-bond donors (Lipinski definition) is 2. The normalized spacial score (nSPS) is 35.5. The molecule has 2 aliphatic rings. The Hall–Kier alpha value is -0.0800. The van der Waals surface area contributed by atoms with Crippen LogP contribution in [0.2, 0.25) is 0 Å². The molecule has 2 heterocycles. The molecule has 0 spiro atoms. The Labute approximate surface area is 113 Å². The predicted octanol–water partition coefficient (Wildman–Crippen LogP) is 3.24. The average molecular weight is 252 g/mol. The molecule has 106 valence electrons. The number of hydrogen-bond acceptors (Lipinski definition) is 2. The predicted molar refractivity (Wildman–Crippen MR) is 78.4 cm³/mol. The van der Waals surface area contributed by atoms with E-state index < -0.39 is 0 Å². The van der Waals surface area contributed by atoms with Gasteiger partial charge in [0.1, 0.15) is 0 Å².